The molecule has 2 amide bonds. The Morgan fingerprint density at radius 3 is 2.13 bits per heavy atom. The van der Waals surface area contributed by atoms with Gasteiger partial charge in [-0.25, -0.2) is 4.90 Å². The highest BCUT2D eigenvalue weighted by Gasteiger charge is 2.40. The zero-order valence-electron chi connectivity index (χ0n) is 17.7. The van der Waals surface area contributed by atoms with Crippen molar-refractivity contribution in [3.8, 4) is 0 Å². The second-order valence-corrected chi connectivity index (χ2v) is 9.12. The quantitative estimate of drug-likeness (QED) is 0.445. The van der Waals surface area contributed by atoms with Gasteiger partial charge in [0.05, 0.1) is 10.9 Å². The number of aryl methyl sites for hydroxylation is 2. The molecule has 0 aliphatic carbocycles. The van der Waals surface area contributed by atoms with Gasteiger partial charge in [-0.15, -0.1) is 0 Å². The van der Waals surface area contributed by atoms with E-state index in [9.17, 15) is 9.59 Å². The van der Waals surface area contributed by atoms with Gasteiger partial charge in [0.2, 0.25) is 5.91 Å². The number of carbonyl (C=O) groups is 2. The maximum Gasteiger partial charge on any atom is 0.293 e. The molecule has 3 nitrogen and oxygen atoms in total. The zero-order valence-corrected chi connectivity index (χ0v) is 18.6. The highest BCUT2D eigenvalue weighted by atomic mass is 32.2. The van der Waals surface area contributed by atoms with Crippen LogP contribution in [0.15, 0.2) is 84.4 Å². The highest BCUT2D eigenvalue weighted by Crippen LogP contribution is 2.35. The van der Waals surface area contributed by atoms with Crippen molar-refractivity contribution >= 4 is 34.7 Å². The van der Waals surface area contributed by atoms with Gasteiger partial charge in [-0.3, -0.25) is 9.59 Å². The van der Waals surface area contributed by atoms with Gasteiger partial charge in [-0.2, -0.15) is 0 Å². The van der Waals surface area contributed by atoms with E-state index in [0.29, 0.717) is 12.1 Å². The third-order valence-electron chi connectivity index (χ3n) is 5.38. The highest BCUT2D eigenvalue weighted by molar-refractivity contribution is 8.15. The number of nitrogens with zero attached hydrogens (tertiary/aromatic N) is 1. The SMILES string of the molecule is Cc1ccc(C=C(Cc2ccc(C)cc2)CC2SC(=O)N(c3ccccc3)C2=O)cc1. The molecule has 1 heterocycles. The maximum absolute atomic E-state index is 13.1. The van der Waals surface area contributed by atoms with Crippen LogP contribution in [0.25, 0.3) is 6.08 Å². The summed E-state index contributed by atoms with van der Waals surface area (Å²) < 4.78 is 0. The zero-order chi connectivity index (χ0) is 21.8. The Hall–Kier alpha value is -3.11. The van der Waals surface area contributed by atoms with Crippen LogP contribution in [0.1, 0.15) is 28.7 Å². The van der Waals surface area contributed by atoms with E-state index >= 15 is 0 Å². The smallest absolute Gasteiger partial charge is 0.273 e. The Balaban J connectivity index is 1.59. The first-order valence-corrected chi connectivity index (χ1v) is 11.3. The van der Waals surface area contributed by atoms with Crippen molar-refractivity contribution in [2.75, 3.05) is 4.90 Å². The number of amides is 2. The Labute approximate surface area is 187 Å². The van der Waals surface area contributed by atoms with Crippen molar-refractivity contribution in [2.24, 2.45) is 0 Å². The van der Waals surface area contributed by atoms with Crippen molar-refractivity contribution in [2.45, 2.75) is 31.9 Å². The maximum atomic E-state index is 13.1. The lowest BCUT2D eigenvalue weighted by Crippen LogP contribution is -2.31. The molecule has 0 aromatic heterocycles. The molecule has 1 aliphatic rings. The molecular formula is C27H25NO2S. The summed E-state index contributed by atoms with van der Waals surface area (Å²) in [7, 11) is 0. The molecule has 0 radical (unpaired) electrons. The van der Waals surface area contributed by atoms with Crippen LogP contribution in [0.3, 0.4) is 0 Å². The second-order valence-electron chi connectivity index (χ2n) is 7.96. The molecule has 1 saturated heterocycles. The third kappa shape index (κ3) is 5.15. The molecule has 0 bridgehead atoms. The summed E-state index contributed by atoms with van der Waals surface area (Å²) in [6, 6.07) is 26.0. The van der Waals surface area contributed by atoms with Crippen molar-refractivity contribution in [3.63, 3.8) is 0 Å². The predicted octanol–water partition coefficient (Wildman–Crippen LogP) is 6.59. The number of thioether (sulfide) groups is 1. The molecule has 3 aromatic carbocycles. The monoisotopic (exact) mass is 427 g/mol. The minimum Gasteiger partial charge on any atom is -0.273 e. The fourth-order valence-electron chi connectivity index (χ4n) is 3.68. The Bertz CT molecular complexity index is 1100. The van der Waals surface area contributed by atoms with Crippen LogP contribution in [0.4, 0.5) is 10.5 Å². The molecule has 156 valence electrons. The van der Waals surface area contributed by atoms with E-state index in [-0.39, 0.29) is 11.1 Å². The third-order valence-corrected chi connectivity index (χ3v) is 6.42. The van der Waals surface area contributed by atoms with E-state index in [0.717, 1.165) is 29.3 Å². The van der Waals surface area contributed by atoms with Crippen molar-refractivity contribution in [3.05, 3.63) is 107 Å². The Morgan fingerprint density at radius 2 is 1.48 bits per heavy atom. The van der Waals surface area contributed by atoms with Crippen molar-refractivity contribution in [1.29, 1.82) is 0 Å². The van der Waals surface area contributed by atoms with Crippen molar-refractivity contribution in [1.82, 2.24) is 0 Å². The summed E-state index contributed by atoms with van der Waals surface area (Å²) in [5.41, 5.74) is 6.51. The fourth-order valence-corrected chi connectivity index (χ4v) is 4.73. The van der Waals surface area contributed by atoms with Gasteiger partial charge in [0.15, 0.2) is 0 Å². The lowest BCUT2D eigenvalue weighted by atomic mass is 9.97. The molecule has 1 unspecified atom stereocenters. The standard InChI is InChI=1S/C27H25NO2S/c1-19-8-12-21(13-9-19)16-23(17-22-14-10-20(2)11-15-22)18-25-26(29)28(27(30)31-25)24-6-4-3-5-7-24/h3-16,25H,17-18H2,1-2H3. The summed E-state index contributed by atoms with van der Waals surface area (Å²) in [6.07, 6.45) is 3.45. The first-order chi connectivity index (χ1) is 15.0. The van der Waals surface area contributed by atoms with E-state index in [1.54, 1.807) is 12.1 Å². The molecule has 1 aliphatic heterocycles. The average molecular weight is 428 g/mol. The number of hydrogen-bond donors (Lipinski definition) is 0. The number of para-hydroxylation sites is 1. The van der Waals surface area contributed by atoms with E-state index in [1.165, 1.54) is 21.6 Å². The largest absolute Gasteiger partial charge is 0.293 e. The van der Waals surface area contributed by atoms with Gasteiger partial charge < -0.3 is 0 Å². The number of benzene rings is 3. The molecular weight excluding hydrogens is 402 g/mol. The molecule has 0 saturated carbocycles. The van der Waals surface area contributed by atoms with Crippen LogP contribution < -0.4 is 4.90 Å². The van der Waals surface area contributed by atoms with Gasteiger partial charge in [0.25, 0.3) is 5.24 Å². The summed E-state index contributed by atoms with van der Waals surface area (Å²) in [6.45, 7) is 4.14. The molecule has 4 heteroatoms. The average Bonchev–Trinajstić information content (AvgIpc) is 3.04. The van der Waals surface area contributed by atoms with Crippen LogP contribution >= 0.6 is 11.8 Å². The lowest BCUT2D eigenvalue weighted by Gasteiger charge is -2.15. The summed E-state index contributed by atoms with van der Waals surface area (Å²) in [5, 5.41) is -0.610. The fraction of sp³-hybridized carbons (Fsp3) is 0.185. The first kappa shape index (κ1) is 21.1. The number of anilines is 1. The van der Waals surface area contributed by atoms with Gasteiger partial charge in [-0.1, -0.05) is 101 Å². The molecule has 4 rings (SSSR count). The number of hydrogen-bond acceptors (Lipinski definition) is 3. The molecule has 3 aromatic rings. The normalized spacial score (nSPS) is 16.8. The van der Waals surface area contributed by atoms with Gasteiger partial charge in [0.1, 0.15) is 0 Å². The van der Waals surface area contributed by atoms with Crippen molar-refractivity contribution < 1.29 is 9.59 Å². The van der Waals surface area contributed by atoms with Crippen LogP contribution in [-0.4, -0.2) is 16.4 Å². The lowest BCUT2D eigenvalue weighted by molar-refractivity contribution is -0.117. The number of carbonyl (C=O) groups excluding carboxylic acids is 2. The summed E-state index contributed by atoms with van der Waals surface area (Å²) in [4.78, 5) is 27.0. The number of rotatable bonds is 6. The Kier molecular flexibility index (Phi) is 6.38. The molecule has 0 spiro atoms. The number of allylic oxidation sites excluding steroid dienone is 1. The number of imide groups is 1. The van der Waals surface area contributed by atoms with Gasteiger partial charge in [-0.05, 0) is 49.9 Å². The summed E-state index contributed by atoms with van der Waals surface area (Å²) >= 11 is 1.13. The first-order valence-electron chi connectivity index (χ1n) is 10.4. The van der Waals surface area contributed by atoms with Crippen LogP contribution in [0, 0.1) is 13.8 Å². The Morgan fingerprint density at radius 1 is 0.871 bits per heavy atom. The van der Waals surface area contributed by atoms with E-state index in [4.69, 9.17) is 0 Å². The summed E-state index contributed by atoms with van der Waals surface area (Å²) in [5.74, 6) is -0.139. The minimum atomic E-state index is -0.408. The van der Waals surface area contributed by atoms with Gasteiger partial charge in [0, 0.05) is 0 Å². The van der Waals surface area contributed by atoms with Gasteiger partial charge >= 0.3 is 0 Å². The molecule has 1 fully saturated rings. The van der Waals surface area contributed by atoms with Crippen LogP contribution in [-0.2, 0) is 11.2 Å². The van der Waals surface area contributed by atoms with E-state index in [1.807, 2.05) is 18.2 Å². The molecule has 31 heavy (non-hydrogen) atoms. The van der Waals surface area contributed by atoms with E-state index in [2.05, 4.69) is 68.5 Å². The topological polar surface area (TPSA) is 37.4 Å². The van der Waals surface area contributed by atoms with E-state index < -0.39 is 5.25 Å². The molecule has 0 N–H and O–H groups in total. The second kappa shape index (κ2) is 9.36. The van der Waals surface area contributed by atoms with Crippen LogP contribution in [0.2, 0.25) is 0 Å². The predicted molar refractivity (Wildman–Crippen MR) is 129 cm³/mol. The molecule has 1 atom stereocenters. The van der Waals surface area contributed by atoms with Crippen LogP contribution in [0.5, 0.6) is 0 Å². The minimum absolute atomic E-state index is 0.139.